The van der Waals surface area contributed by atoms with Crippen molar-refractivity contribution >= 4 is 63.2 Å². The number of hydrogen-bond acceptors (Lipinski definition) is 0. The zero-order valence-corrected chi connectivity index (χ0v) is 24.0. The van der Waals surface area contributed by atoms with Gasteiger partial charge in [-0.15, -0.1) is 0 Å². The summed E-state index contributed by atoms with van der Waals surface area (Å²) in [4.78, 5) is 0. The van der Waals surface area contributed by atoms with Crippen LogP contribution in [0.2, 0.25) is 0 Å². The molecular formula is C24H36I2P2. The van der Waals surface area contributed by atoms with Crippen molar-refractivity contribution in [2.45, 2.75) is 40.5 Å². The normalized spacial score (nSPS) is 24.9. The molecule has 0 aliphatic carbocycles. The second-order valence-electron chi connectivity index (χ2n) is 8.63. The molecule has 0 fully saturated rings. The van der Waals surface area contributed by atoms with Crippen LogP contribution < -0.4 is 10.6 Å². The van der Waals surface area contributed by atoms with E-state index in [0.717, 1.165) is 0 Å². The molecular weight excluding hydrogens is 604 g/mol. The molecule has 28 heavy (non-hydrogen) atoms. The maximum absolute atomic E-state index is 2.98. The first kappa shape index (κ1) is 23.4. The molecule has 0 bridgehead atoms. The molecule has 0 saturated carbocycles. The molecule has 0 saturated heterocycles. The third-order valence-electron chi connectivity index (χ3n) is 7.79. The van der Waals surface area contributed by atoms with Gasteiger partial charge in [0.15, 0.2) is 0 Å². The maximum atomic E-state index is 2.98. The van der Waals surface area contributed by atoms with Crippen LogP contribution in [0.15, 0.2) is 48.5 Å². The van der Waals surface area contributed by atoms with Gasteiger partial charge in [-0.3, -0.25) is 0 Å². The molecule has 0 N–H and O–H groups in total. The molecule has 0 aromatic heterocycles. The fraction of sp³-hybridized carbons (Fsp3) is 0.500. The first-order chi connectivity index (χ1) is 13.3. The molecule has 3 rings (SSSR count). The predicted octanol–water partition coefficient (Wildman–Crippen LogP) is 8.28. The van der Waals surface area contributed by atoms with E-state index in [-0.39, 0.29) is 0 Å². The molecule has 0 spiro atoms. The van der Waals surface area contributed by atoms with Crippen molar-refractivity contribution in [2.24, 2.45) is 0 Å². The van der Waals surface area contributed by atoms with Crippen LogP contribution in [-0.4, -0.2) is 37.0 Å². The van der Waals surface area contributed by atoms with E-state index in [9.17, 15) is 0 Å². The van der Waals surface area contributed by atoms with Crippen molar-refractivity contribution in [3.8, 4) is 11.1 Å². The number of halogens is 2. The third-order valence-corrected chi connectivity index (χ3v) is 33.7. The fourth-order valence-corrected chi connectivity index (χ4v) is 18.3. The van der Waals surface area contributed by atoms with E-state index >= 15 is 0 Å². The molecule has 1 aliphatic rings. The minimum atomic E-state index is -1.96. The summed E-state index contributed by atoms with van der Waals surface area (Å²) in [7, 11) is 0. The van der Waals surface area contributed by atoms with Crippen molar-refractivity contribution in [3.63, 3.8) is 0 Å². The molecule has 2 aromatic rings. The molecule has 1 aliphatic heterocycles. The number of hydrogen-bond donors (Lipinski definition) is 0. The van der Waals surface area contributed by atoms with Crippen LogP contribution in [0.25, 0.3) is 11.1 Å². The predicted molar refractivity (Wildman–Crippen MR) is 154 cm³/mol. The zero-order chi connectivity index (χ0) is 20.5. The second kappa shape index (κ2) is 8.36. The summed E-state index contributed by atoms with van der Waals surface area (Å²) in [6.07, 6.45) is 10.9. The van der Waals surface area contributed by atoms with Gasteiger partial charge < -0.3 is 0 Å². The quantitative estimate of drug-likeness (QED) is 0.233. The van der Waals surface area contributed by atoms with Gasteiger partial charge in [0.05, 0.1) is 0 Å². The summed E-state index contributed by atoms with van der Waals surface area (Å²) in [6.45, 7) is 9.83. The van der Waals surface area contributed by atoms with Gasteiger partial charge in [-0.25, -0.2) is 0 Å². The van der Waals surface area contributed by atoms with Crippen LogP contribution >= 0.6 is 52.6 Å². The summed E-state index contributed by atoms with van der Waals surface area (Å²) in [5.41, 5.74) is 3.09. The Morgan fingerprint density at radius 1 is 0.607 bits per heavy atom. The van der Waals surface area contributed by atoms with E-state index in [0.29, 0.717) is 0 Å². The number of benzene rings is 2. The van der Waals surface area contributed by atoms with Crippen LogP contribution in [0.3, 0.4) is 0 Å². The summed E-state index contributed by atoms with van der Waals surface area (Å²) in [6, 6.07) is 19.0. The van der Waals surface area contributed by atoms with E-state index in [1.54, 1.807) is 21.7 Å². The van der Waals surface area contributed by atoms with Crippen molar-refractivity contribution in [3.05, 3.63) is 48.5 Å². The van der Waals surface area contributed by atoms with Gasteiger partial charge in [0.2, 0.25) is 0 Å². The standard InChI is InChI=1S/C24H36I2P2/c1-5-27(25,6-2)19-13-14-20-28(26,7-3,8-4)24-18-12-10-16-22(24)21-15-9-11-17-23(21)27/h9-12,15-18H,5-8,13-14,19-20H2,1-4H3. The summed E-state index contributed by atoms with van der Waals surface area (Å²) >= 11 is 5.97. The Bertz CT molecular complexity index is 782. The molecule has 156 valence electrons. The Morgan fingerprint density at radius 2 is 0.929 bits per heavy atom. The van der Waals surface area contributed by atoms with Crippen molar-refractivity contribution in [1.29, 1.82) is 0 Å². The van der Waals surface area contributed by atoms with E-state index in [4.69, 9.17) is 0 Å². The SMILES string of the molecule is CCP1(I)(CC)CCCCP(I)(CC)(CC)c2ccccc2-c2ccccc21. The molecule has 0 unspecified atom stereocenters. The minimum absolute atomic E-state index is 1.32. The number of fused-ring (bicyclic) bond motifs is 3. The third kappa shape index (κ3) is 3.65. The van der Waals surface area contributed by atoms with Crippen LogP contribution in [0, 0.1) is 0 Å². The first-order valence-electron chi connectivity index (χ1n) is 10.9. The molecule has 0 atom stereocenters. The summed E-state index contributed by atoms with van der Waals surface area (Å²) in [5, 5.41) is 3.39. The van der Waals surface area contributed by atoms with E-state index in [2.05, 4.69) is 120 Å². The van der Waals surface area contributed by atoms with Crippen molar-refractivity contribution in [1.82, 2.24) is 0 Å². The molecule has 0 nitrogen and oxygen atoms in total. The van der Waals surface area contributed by atoms with Crippen LogP contribution in [0.1, 0.15) is 40.5 Å². The second-order valence-corrected chi connectivity index (χ2v) is 34.5. The summed E-state index contributed by atoms with van der Waals surface area (Å²) in [5.74, 6) is 0. The summed E-state index contributed by atoms with van der Waals surface area (Å²) < 4.78 is -3.93. The van der Waals surface area contributed by atoms with E-state index in [1.165, 1.54) is 49.8 Å². The van der Waals surface area contributed by atoms with Crippen LogP contribution in [0.5, 0.6) is 0 Å². The van der Waals surface area contributed by atoms with Crippen molar-refractivity contribution < 1.29 is 0 Å². The first-order valence-corrected chi connectivity index (χ1v) is 22.1. The fourth-order valence-electron chi connectivity index (χ4n) is 5.33. The average molecular weight is 640 g/mol. The van der Waals surface area contributed by atoms with E-state index < -0.39 is 8.49 Å². The Balaban J connectivity index is 2.44. The van der Waals surface area contributed by atoms with Gasteiger partial charge in [-0.2, -0.15) is 0 Å². The molecule has 4 heteroatoms. The van der Waals surface area contributed by atoms with Crippen LogP contribution in [0.4, 0.5) is 0 Å². The van der Waals surface area contributed by atoms with Gasteiger partial charge >= 0.3 is 200 Å². The van der Waals surface area contributed by atoms with Gasteiger partial charge in [-0.1, -0.05) is 0 Å². The Labute approximate surface area is 198 Å². The van der Waals surface area contributed by atoms with Crippen molar-refractivity contribution in [2.75, 3.05) is 37.0 Å². The molecule has 0 radical (unpaired) electrons. The Kier molecular flexibility index (Phi) is 6.99. The van der Waals surface area contributed by atoms with Gasteiger partial charge in [0.25, 0.3) is 0 Å². The topological polar surface area (TPSA) is 0 Å². The van der Waals surface area contributed by atoms with Gasteiger partial charge in [-0.05, 0) is 0 Å². The van der Waals surface area contributed by atoms with Gasteiger partial charge in [0.1, 0.15) is 0 Å². The Hall–Kier alpha value is 0.760. The average Bonchev–Trinajstić information content (AvgIpc) is 2.76. The molecule has 2 aromatic carbocycles. The Morgan fingerprint density at radius 3 is 1.25 bits per heavy atom. The van der Waals surface area contributed by atoms with Crippen LogP contribution in [-0.2, 0) is 0 Å². The number of rotatable bonds is 4. The molecule has 1 heterocycles. The molecule has 0 amide bonds. The van der Waals surface area contributed by atoms with E-state index in [1.807, 2.05) is 0 Å². The van der Waals surface area contributed by atoms with Gasteiger partial charge in [0, 0.05) is 0 Å². The zero-order valence-electron chi connectivity index (χ0n) is 17.9. The monoisotopic (exact) mass is 640 g/mol.